The van der Waals surface area contributed by atoms with E-state index < -0.39 is 10.0 Å². The summed E-state index contributed by atoms with van der Waals surface area (Å²) in [4.78, 5) is 0.404. The van der Waals surface area contributed by atoms with Gasteiger partial charge in [-0.05, 0) is 102 Å². The highest BCUT2D eigenvalue weighted by Gasteiger charge is 2.27. The minimum Gasteiger partial charge on any atom is -0.457 e. The van der Waals surface area contributed by atoms with Gasteiger partial charge in [0.25, 0.3) is 10.0 Å². The maximum absolute atomic E-state index is 13.9. The summed E-state index contributed by atoms with van der Waals surface area (Å²) in [7, 11) is -3.82. The number of para-hydroxylation sites is 1. The molecule has 6 heteroatoms. The van der Waals surface area contributed by atoms with Crippen LogP contribution in [0.5, 0.6) is 11.5 Å². The zero-order chi connectivity index (χ0) is 29.0. The molecule has 210 valence electrons. The molecule has 0 radical (unpaired) electrons. The standard InChI is InChI=1S/C34H40N2O3S/c1-22(2)26-20-31(23(3)4)34(32(21-26)24(5)6)40(37,38)36-33-18-15-28(19-25(33)7)35-27-13-16-30(17-14-27)39-29-11-9-8-10-12-29/h8-24,35-36H,1-7H3. The van der Waals surface area contributed by atoms with Crippen molar-refractivity contribution >= 4 is 27.1 Å². The van der Waals surface area contributed by atoms with E-state index in [4.69, 9.17) is 4.74 Å². The van der Waals surface area contributed by atoms with Gasteiger partial charge in [-0.1, -0.05) is 71.9 Å². The van der Waals surface area contributed by atoms with Crippen molar-refractivity contribution in [2.45, 2.75) is 71.1 Å². The van der Waals surface area contributed by atoms with Crippen molar-refractivity contribution in [1.29, 1.82) is 0 Å². The molecule has 0 unspecified atom stereocenters. The van der Waals surface area contributed by atoms with Crippen LogP contribution in [0, 0.1) is 6.92 Å². The van der Waals surface area contributed by atoms with Gasteiger partial charge in [-0.25, -0.2) is 8.42 Å². The molecule has 0 aliphatic carbocycles. The number of rotatable bonds is 10. The van der Waals surface area contributed by atoms with E-state index in [1.54, 1.807) is 0 Å². The van der Waals surface area contributed by atoms with Crippen LogP contribution >= 0.6 is 0 Å². The van der Waals surface area contributed by atoms with Gasteiger partial charge in [0.2, 0.25) is 0 Å². The minimum absolute atomic E-state index is 0.0694. The first kappa shape index (κ1) is 29.2. The first-order valence-corrected chi connectivity index (χ1v) is 15.3. The third-order valence-electron chi connectivity index (χ3n) is 6.94. The van der Waals surface area contributed by atoms with Gasteiger partial charge in [0.1, 0.15) is 11.5 Å². The second-order valence-electron chi connectivity index (χ2n) is 11.2. The fraction of sp³-hybridized carbons (Fsp3) is 0.294. The summed E-state index contributed by atoms with van der Waals surface area (Å²) in [5, 5.41) is 3.39. The van der Waals surface area contributed by atoms with Gasteiger partial charge in [0.15, 0.2) is 0 Å². The van der Waals surface area contributed by atoms with E-state index in [-0.39, 0.29) is 11.8 Å². The van der Waals surface area contributed by atoms with Crippen LogP contribution < -0.4 is 14.8 Å². The van der Waals surface area contributed by atoms with Gasteiger partial charge in [-0.2, -0.15) is 0 Å². The molecular formula is C34H40N2O3S. The summed E-state index contributed by atoms with van der Waals surface area (Å²) in [5.41, 5.74) is 6.04. The maximum atomic E-state index is 13.9. The van der Waals surface area contributed by atoms with E-state index in [1.165, 1.54) is 0 Å². The summed E-state index contributed by atoms with van der Waals surface area (Å²) in [6.07, 6.45) is 0. The maximum Gasteiger partial charge on any atom is 0.262 e. The van der Waals surface area contributed by atoms with Crippen LogP contribution in [0.15, 0.2) is 89.8 Å². The molecular weight excluding hydrogens is 516 g/mol. The molecule has 0 spiro atoms. The zero-order valence-corrected chi connectivity index (χ0v) is 25.3. The largest absolute Gasteiger partial charge is 0.457 e. The van der Waals surface area contributed by atoms with Crippen molar-refractivity contribution in [2.75, 3.05) is 10.0 Å². The van der Waals surface area contributed by atoms with E-state index in [9.17, 15) is 8.42 Å². The average molecular weight is 557 g/mol. The summed E-state index contributed by atoms with van der Waals surface area (Å²) in [5.74, 6) is 1.99. The number of ether oxygens (including phenoxy) is 1. The molecule has 0 aromatic heterocycles. The van der Waals surface area contributed by atoms with Crippen molar-refractivity contribution in [1.82, 2.24) is 0 Å². The average Bonchev–Trinajstić information content (AvgIpc) is 2.91. The fourth-order valence-electron chi connectivity index (χ4n) is 4.65. The van der Waals surface area contributed by atoms with Crippen molar-refractivity contribution in [3.63, 3.8) is 0 Å². The van der Waals surface area contributed by atoms with Gasteiger partial charge in [0, 0.05) is 11.4 Å². The summed E-state index contributed by atoms with van der Waals surface area (Å²) in [6.45, 7) is 14.4. The lowest BCUT2D eigenvalue weighted by molar-refractivity contribution is 0.483. The van der Waals surface area contributed by atoms with Crippen molar-refractivity contribution in [3.05, 3.63) is 107 Å². The molecule has 4 rings (SSSR count). The van der Waals surface area contributed by atoms with E-state index in [2.05, 4.69) is 63.7 Å². The Hall–Kier alpha value is -3.77. The molecule has 0 amide bonds. The molecule has 0 atom stereocenters. The number of anilines is 3. The van der Waals surface area contributed by atoms with Crippen molar-refractivity contribution < 1.29 is 13.2 Å². The summed E-state index contributed by atoms with van der Waals surface area (Å²) < 4.78 is 36.5. The monoisotopic (exact) mass is 556 g/mol. The highest BCUT2D eigenvalue weighted by Crippen LogP contribution is 2.36. The first-order chi connectivity index (χ1) is 18.9. The molecule has 4 aromatic rings. The highest BCUT2D eigenvalue weighted by atomic mass is 32.2. The Balaban J connectivity index is 1.56. The van der Waals surface area contributed by atoms with Crippen LogP contribution in [0.1, 0.15) is 81.5 Å². The van der Waals surface area contributed by atoms with Gasteiger partial charge < -0.3 is 10.1 Å². The van der Waals surface area contributed by atoms with Crippen molar-refractivity contribution in [3.8, 4) is 11.5 Å². The number of hydrogen-bond donors (Lipinski definition) is 2. The molecule has 40 heavy (non-hydrogen) atoms. The lowest BCUT2D eigenvalue weighted by atomic mass is 9.89. The normalized spacial score (nSPS) is 11.8. The van der Waals surface area contributed by atoms with Gasteiger partial charge in [-0.15, -0.1) is 0 Å². The quantitative estimate of drug-likeness (QED) is 0.204. The first-order valence-electron chi connectivity index (χ1n) is 13.9. The van der Waals surface area contributed by atoms with Crippen LogP contribution in [0.2, 0.25) is 0 Å². The summed E-state index contributed by atoms with van der Waals surface area (Å²) in [6, 6.07) is 27.1. The van der Waals surface area contributed by atoms with E-state index in [0.29, 0.717) is 16.5 Å². The van der Waals surface area contributed by atoms with Crippen LogP contribution in [0.3, 0.4) is 0 Å². The number of sulfonamides is 1. The second-order valence-corrected chi connectivity index (χ2v) is 12.8. The SMILES string of the molecule is Cc1cc(Nc2ccc(Oc3ccccc3)cc2)ccc1NS(=O)(=O)c1c(C(C)C)cc(C(C)C)cc1C(C)C. The van der Waals surface area contributed by atoms with Crippen LogP contribution in [-0.4, -0.2) is 8.42 Å². The highest BCUT2D eigenvalue weighted by molar-refractivity contribution is 7.92. The predicted octanol–water partition coefficient (Wildman–Crippen LogP) is 9.70. The van der Waals surface area contributed by atoms with Gasteiger partial charge in [-0.3, -0.25) is 4.72 Å². The predicted molar refractivity (Wildman–Crippen MR) is 167 cm³/mol. The van der Waals surface area contributed by atoms with E-state index in [0.717, 1.165) is 45.1 Å². The van der Waals surface area contributed by atoms with Crippen LogP contribution in [0.25, 0.3) is 0 Å². The Bertz CT molecular complexity index is 1530. The molecule has 2 N–H and O–H groups in total. The Morgan fingerprint density at radius 2 is 1.20 bits per heavy atom. The Morgan fingerprint density at radius 3 is 1.73 bits per heavy atom. The van der Waals surface area contributed by atoms with Crippen LogP contribution in [-0.2, 0) is 10.0 Å². The molecule has 4 aromatic carbocycles. The Morgan fingerprint density at radius 1 is 0.650 bits per heavy atom. The van der Waals surface area contributed by atoms with Gasteiger partial charge >= 0.3 is 0 Å². The van der Waals surface area contributed by atoms with Crippen LogP contribution in [0.4, 0.5) is 17.1 Å². The Kier molecular flexibility index (Phi) is 8.89. The lowest BCUT2D eigenvalue weighted by Gasteiger charge is -2.23. The fourth-order valence-corrected chi connectivity index (χ4v) is 6.48. The smallest absolute Gasteiger partial charge is 0.262 e. The molecule has 5 nitrogen and oxygen atoms in total. The topological polar surface area (TPSA) is 67.4 Å². The summed E-state index contributed by atoms with van der Waals surface area (Å²) >= 11 is 0. The number of aryl methyl sites for hydroxylation is 1. The van der Waals surface area contributed by atoms with Crippen molar-refractivity contribution in [2.24, 2.45) is 0 Å². The molecule has 0 saturated carbocycles. The second kappa shape index (κ2) is 12.2. The van der Waals surface area contributed by atoms with Gasteiger partial charge in [0.05, 0.1) is 10.6 Å². The van der Waals surface area contributed by atoms with E-state index in [1.807, 2.05) is 79.7 Å². The molecule has 0 saturated heterocycles. The molecule has 0 aliphatic rings. The third kappa shape index (κ3) is 6.86. The lowest BCUT2D eigenvalue weighted by Crippen LogP contribution is -2.19. The number of benzene rings is 4. The zero-order valence-electron chi connectivity index (χ0n) is 24.4. The number of hydrogen-bond acceptors (Lipinski definition) is 4. The molecule has 0 bridgehead atoms. The third-order valence-corrected chi connectivity index (χ3v) is 8.44. The molecule has 0 fully saturated rings. The minimum atomic E-state index is -3.82. The molecule has 0 aliphatic heterocycles. The Labute approximate surface area is 239 Å². The number of nitrogens with one attached hydrogen (secondary N) is 2. The van der Waals surface area contributed by atoms with E-state index >= 15 is 0 Å². The molecule has 0 heterocycles.